The maximum absolute atomic E-state index is 11.4. The zero-order chi connectivity index (χ0) is 11.5. The lowest BCUT2D eigenvalue weighted by Gasteiger charge is -2.01. The molecule has 1 aliphatic heterocycles. The normalized spacial score (nSPS) is 15.6. The second kappa shape index (κ2) is 4.31. The van der Waals surface area contributed by atoms with Crippen LogP contribution in [0.5, 0.6) is 0 Å². The summed E-state index contributed by atoms with van der Waals surface area (Å²) in [5.41, 5.74) is 2.35. The Kier molecular flexibility index (Phi) is 2.86. The standard InChI is InChI=1S/C13H13NO2/c1-9-11(13(16)14-12(9)15)8-7-10-5-3-2-4-6-10/h2-6H,7-8H2,1H3,(H,14,15,16). The highest BCUT2D eigenvalue weighted by atomic mass is 16.2. The molecule has 16 heavy (non-hydrogen) atoms. The van der Waals surface area contributed by atoms with Crippen molar-refractivity contribution in [1.82, 2.24) is 5.32 Å². The molecule has 0 atom stereocenters. The molecule has 3 nitrogen and oxygen atoms in total. The molecule has 1 N–H and O–H groups in total. The van der Waals surface area contributed by atoms with Crippen LogP contribution in [-0.4, -0.2) is 11.8 Å². The van der Waals surface area contributed by atoms with Gasteiger partial charge in [0.15, 0.2) is 0 Å². The Bertz CT molecular complexity index is 460. The summed E-state index contributed by atoms with van der Waals surface area (Å²) in [5, 5.41) is 2.30. The van der Waals surface area contributed by atoms with Gasteiger partial charge in [-0.1, -0.05) is 30.3 Å². The van der Waals surface area contributed by atoms with Crippen molar-refractivity contribution >= 4 is 11.8 Å². The number of rotatable bonds is 3. The summed E-state index contributed by atoms with van der Waals surface area (Å²) in [6.45, 7) is 1.69. The lowest BCUT2D eigenvalue weighted by Crippen LogP contribution is -2.23. The monoisotopic (exact) mass is 215 g/mol. The highest BCUT2D eigenvalue weighted by molar-refractivity contribution is 6.19. The zero-order valence-corrected chi connectivity index (χ0v) is 9.12. The van der Waals surface area contributed by atoms with Crippen molar-refractivity contribution in [2.75, 3.05) is 0 Å². The zero-order valence-electron chi connectivity index (χ0n) is 9.12. The number of carbonyl (C=O) groups excluding carboxylic acids is 2. The topological polar surface area (TPSA) is 46.2 Å². The van der Waals surface area contributed by atoms with E-state index in [4.69, 9.17) is 0 Å². The van der Waals surface area contributed by atoms with Crippen LogP contribution in [0, 0.1) is 0 Å². The minimum absolute atomic E-state index is 0.238. The van der Waals surface area contributed by atoms with Crippen molar-refractivity contribution in [2.24, 2.45) is 0 Å². The average molecular weight is 215 g/mol. The number of hydrogen-bond acceptors (Lipinski definition) is 2. The van der Waals surface area contributed by atoms with E-state index in [-0.39, 0.29) is 11.8 Å². The molecule has 0 radical (unpaired) electrons. The number of carbonyl (C=O) groups is 2. The second-order valence-corrected chi connectivity index (χ2v) is 3.87. The van der Waals surface area contributed by atoms with E-state index in [2.05, 4.69) is 5.32 Å². The van der Waals surface area contributed by atoms with Gasteiger partial charge in [-0.2, -0.15) is 0 Å². The first-order chi connectivity index (χ1) is 7.68. The molecule has 0 saturated carbocycles. The Balaban J connectivity index is 2.06. The molecule has 3 heteroatoms. The van der Waals surface area contributed by atoms with Crippen molar-refractivity contribution in [3.8, 4) is 0 Å². The smallest absolute Gasteiger partial charge is 0.254 e. The van der Waals surface area contributed by atoms with Crippen molar-refractivity contribution in [1.29, 1.82) is 0 Å². The Labute approximate surface area is 94.2 Å². The summed E-state index contributed by atoms with van der Waals surface area (Å²) >= 11 is 0. The summed E-state index contributed by atoms with van der Waals surface area (Å²) in [7, 11) is 0. The minimum atomic E-state index is -0.256. The Hall–Kier alpha value is -1.90. The lowest BCUT2D eigenvalue weighted by molar-refractivity contribution is -0.124. The third-order valence-corrected chi connectivity index (χ3v) is 2.80. The molecule has 1 aromatic rings. The van der Waals surface area contributed by atoms with Gasteiger partial charge < -0.3 is 0 Å². The fraction of sp³-hybridized carbons (Fsp3) is 0.231. The summed E-state index contributed by atoms with van der Waals surface area (Å²) in [4.78, 5) is 22.6. The van der Waals surface area contributed by atoms with Crippen LogP contribution in [0.3, 0.4) is 0 Å². The molecule has 0 spiro atoms. The summed E-state index contributed by atoms with van der Waals surface area (Å²) < 4.78 is 0. The number of hydrogen-bond donors (Lipinski definition) is 1. The first kappa shape index (κ1) is 10.6. The van der Waals surface area contributed by atoms with E-state index in [1.54, 1.807) is 6.92 Å². The van der Waals surface area contributed by atoms with Gasteiger partial charge in [-0.15, -0.1) is 0 Å². The van der Waals surface area contributed by atoms with E-state index in [0.29, 0.717) is 17.6 Å². The Morgan fingerprint density at radius 1 is 1.00 bits per heavy atom. The predicted molar refractivity (Wildman–Crippen MR) is 60.6 cm³/mol. The molecule has 2 rings (SSSR count). The molecule has 0 aliphatic carbocycles. The van der Waals surface area contributed by atoms with Crippen LogP contribution in [0.1, 0.15) is 18.9 Å². The average Bonchev–Trinajstić information content (AvgIpc) is 2.53. The lowest BCUT2D eigenvalue weighted by atomic mass is 10.0. The molecule has 0 fully saturated rings. The highest BCUT2D eigenvalue weighted by Crippen LogP contribution is 2.17. The molecule has 82 valence electrons. The molecule has 0 aromatic heterocycles. The summed E-state index contributed by atoms with van der Waals surface area (Å²) in [6, 6.07) is 9.93. The van der Waals surface area contributed by atoms with Crippen molar-refractivity contribution in [2.45, 2.75) is 19.8 Å². The van der Waals surface area contributed by atoms with Crippen LogP contribution < -0.4 is 5.32 Å². The van der Waals surface area contributed by atoms with Gasteiger partial charge >= 0.3 is 0 Å². The molecule has 0 saturated heterocycles. The molecule has 0 bridgehead atoms. The first-order valence-electron chi connectivity index (χ1n) is 5.28. The van der Waals surface area contributed by atoms with Gasteiger partial charge in [-0.05, 0) is 25.3 Å². The third kappa shape index (κ3) is 2.03. The van der Waals surface area contributed by atoms with Gasteiger partial charge in [0, 0.05) is 11.1 Å². The van der Waals surface area contributed by atoms with E-state index in [0.717, 1.165) is 6.42 Å². The highest BCUT2D eigenvalue weighted by Gasteiger charge is 2.25. The number of imide groups is 1. The molecule has 1 heterocycles. The van der Waals surface area contributed by atoms with E-state index < -0.39 is 0 Å². The Morgan fingerprint density at radius 2 is 1.69 bits per heavy atom. The SMILES string of the molecule is CC1=C(CCc2ccccc2)C(=O)NC1=O. The van der Waals surface area contributed by atoms with Crippen molar-refractivity contribution in [3.63, 3.8) is 0 Å². The van der Waals surface area contributed by atoms with Gasteiger partial charge in [0.05, 0.1) is 0 Å². The minimum Gasteiger partial charge on any atom is -0.289 e. The van der Waals surface area contributed by atoms with Gasteiger partial charge in [-0.3, -0.25) is 14.9 Å². The number of aryl methyl sites for hydroxylation is 1. The van der Waals surface area contributed by atoms with Crippen LogP contribution in [0.2, 0.25) is 0 Å². The van der Waals surface area contributed by atoms with Gasteiger partial charge in [0.25, 0.3) is 11.8 Å². The van der Waals surface area contributed by atoms with Gasteiger partial charge in [-0.25, -0.2) is 0 Å². The molecule has 1 aliphatic rings. The third-order valence-electron chi connectivity index (χ3n) is 2.80. The van der Waals surface area contributed by atoms with Crippen molar-refractivity contribution < 1.29 is 9.59 Å². The maximum Gasteiger partial charge on any atom is 0.254 e. The van der Waals surface area contributed by atoms with Crippen LogP contribution in [0.25, 0.3) is 0 Å². The number of nitrogens with one attached hydrogen (secondary N) is 1. The van der Waals surface area contributed by atoms with E-state index in [1.165, 1.54) is 5.56 Å². The number of amides is 2. The van der Waals surface area contributed by atoms with E-state index in [9.17, 15) is 9.59 Å². The second-order valence-electron chi connectivity index (χ2n) is 3.87. The summed E-state index contributed by atoms with van der Waals surface area (Å²) in [6.07, 6.45) is 1.40. The fourth-order valence-electron chi connectivity index (χ4n) is 1.79. The van der Waals surface area contributed by atoms with Gasteiger partial charge in [0.1, 0.15) is 0 Å². The maximum atomic E-state index is 11.4. The predicted octanol–water partition coefficient (Wildman–Crippen LogP) is 1.59. The van der Waals surface area contributed by atoms with Crippen LogP contribution >= 0.6 is 0 Å². The van der Waals surface area contributed by atoms with Gasteiger partial charge in [0.2, 0.25) is 0 Å². The van der Waals surface area contributed by atoms with Crippen LogP contribution in [0.4, 0.5) is 0 Å². The fourth-order valence-corrected chi connectivity index (χ4v) is 1.79. The van der Waals surface area contributed by atoms with E-state index >= 15 is 0 Å². The first-order valence-corrected chi connectivity index (χ1v) is 5.28. The van der Waals surface area contributed by atoms with E-state index in [1.807, 2.05) is 30.3 Å². The molecule has 2 amide bonds. The van der Waals surface area contributed by atoms with Crippen molar-refractivity contribution in [3.05, 3.63) is 47.0 Å². The molecular weight excluding hydrogens is 202 g/mol. The largest absolute Gasteiger partial charge is 0.289 e. The number of benzene rings is 1. The Morgan fingerprint density at radius 3 is 2.25 bits per heavy atom. The quantitative estimate of drug-likeness (QED) is 0.778. The molecular formula is C13H13NO2. The molecule has 0 unspecified atom stereocenters. The van der Waals surface area contributed by atoms with Crippen LogP contribution in [0.15, 0.2) is 41.5 Å². The van der Waals surface area contributed by atoms with Crippen LogP contribution in [-0.2, 0) is 16.0 Å². The summed E-state index contributed by atoms with van der Waals surface area (Å²) in [5.74, 6) is -0.494. The molecule has 1 aromatic carbocycles.